The summed E-state index contributed by atoms with van der Waals surface area (Å²) in [4.78, 5) is 47.8. The standard InChI is InChI=1S/C28H40N8O4/c1-28(2,30)25(37)34-12-14-35(15-13-34)26(38)31-24-8-11-36(27(39)32-24)21-6-5-19-16-22(18-40-23(19)17-21)33-9-3-4-20(29)7-10-33/h5-6,8,11,17,20,22H,3-4,7,9-10,12-16,18,29-30H2,1-2H3,(H,31,32,38,39). The molecule has 0 radical (unpaired) electrons. The van der Waals surface area contributed by atoms with Crippen LogP contribution in [-0.2, 0) is 11.2 Å². The number of fused-ring (bicyclic) bond motifs is 1. The quantitative estimate of drug-likeness (QED) is 0.503. The summed E-state index contributed by atoms with van der Waals surface area (Å²) in [6.07, 6.45) is 5.69. The number of nitrogens with two attached hydrogens (primary N) is 2. The number of rotatable bonds is 4. The van der Waals surface area contributed by atoms with Crippen LogP contribution in [0.1, 0.15) is 38.7 Å². The van der Waals surface area contributed by atoms with Gasteiger partial charge in [0.1, 0.15) is 18.2 Å². The van der Waals surface area contributed by atoms with Crippen LogP contribution >= 0.6 is 0 Å². The topological polar surface area (TPSA) is 152 Å². The van der Waals surface area contributed by atoms with Crippen molar-refractivity contribution in [1.29, 1.82) is 0 Å². The number of carbonyl (C=O) groups is 2. The molecule has 0 bridgehead atoms. The maximum atomic E-state index is 12.9. The van der Waals surface area contributed by atoms with E-state index in [1.807, 2.05) is 18.2 Å². The van der Waals surface area contributed by atoms with Crippen LogP contribution in [0.3, 0.4) is 0 Å². The largest absolute Gasteiger partial charge is 0.492 e. The Labute approximate surface area is 234 Å². The molecule has 5 rings (SSSR count). The van der Waals surface area contributed by atoms with E-state index in [9.17, 15) is 14.4 Å². The molecule has 3 aliphatic rings. The number of nitrogens with one attached hydrogen (secondary N) is 1. The second-order valence-corrected chi connectivity index (χ2v) is 11.6. The van der Waals surface area contributed by atoms with E-state index in [0.717, 1.165) is 50.1 Å². The van der Waals surface area contributed by atoms with E-state index >= 15 is 0 Å². The van der Waals surface area contributed by atoms with Gasteiger partial charge in [0.2, 0.25) is 5.91 Å². The van der Waals surface area contributed by atoms with Crippen LogP contribution in [-0.4, -0.2) is 99.7 Å². The number of nitrogens with zero attached hydrogens (tertiary/aromatic N) is 5. The molecule has 2 aromatic rings. The average molecular weight is 553 g/mol. The van der Waals surface area contributed by atoms with Gasteiger partial charge in [0.05, 0.1) is 11.2 Å². The lowest BCUT2D eigenvalue weighted by molar-refractivity contribution is -0.137. The second kappa shape index (κ2) is 11.6. The first-order valence-electron chi connectivity index (χ1n) is 14.1. The van der Waals surface area contributed by atoms with Crippen molar-refractivity contribution in [2.24, 2.45) is 11.5 Å². The van der Waals surface area contributed by atoms with Crippen molar-refractivity contribution in [3.05, 3.63) is 46.5 Å². The molecule has 2 fully saturated rings. The number of hydrogen-bond donors (Lipinski definition) is 3. The predicted octanol–water partition coefficient (Wildman–Crippen LogP) is 0.763. The lowest BCUT2D eigenvalue weighted by atomic mass is 10.0. The summed E-state index contributed by atoms with van der Waals surface area (Å²) in [5.74, 6) is 0.801. The van der Waals surface area contributed by atoms with Gasteiger partial charge in [-0.2, -0.15) is 4.98 Å². The summed E-state index contributed by atoms with van der Waals surface area (Å²) in [5, 5.41) is 2.70. The number of urea groups is 1. The van der Waals surface area contributed by atoms with Crippen molar-refractivity contribution < 1.29 is 14.3 Å². The molecule has 4 heterocycles. The first-order chi connectivity index (χ1) is 19.1. The molecule has 40 heavy (non-hydrogen) atoms. The van der Waals surface area contributed by atoms with E-state index in [-0.39, 0.29) is 23.8 Å². The molecule has 0 aliphatic carbocycles. The molecule has 2 saturated heterocycles. The molecular formula is C28H40N8O4. The molecule has 3 amide bonds. The number of benzene rings is 1. The van der Waals surface area contributed by atoms with Crippen LogP contribution in [0.4, 0.5) is 10.6 Å². The summed E-state index contributed by atoms with van der Waals surface area (Å²) in [5.41, 5.74) is 12.4. The summed E-state index contributed by atoms with van der Waals surface area (Å²) < 4.78 is 7.57. The first-order valence-corrected chi connectivity index (χ1v) is 14.1. The Bertz CT molecular complexity index is 1300. The molecule has 2 unspecified atom stereocenters. The molecule has 1 aromatic heterocycles. The van der Waals surface area contributed by atoms with Gasteiger partial charge in [-0.25, -0.2) is 9.59 Å². The third kappa shape index (κ3) is 6.29. The summed E-state index contributed by atoms with van der Waals surface area (Å²) in [6, 6.07) is 7.61. The molecular weight excluding hydrogens is 512 g/mol. The van der Waals surface area contributed by atoms with Crippen molar-refractivity contribution in [3.8, 4) is 11.4 Å². The molecule has 0 spiro atoms. The van der Waals surface area contributed by atoms with E-state index in [0.29, 0.717) is 44.5 Å². The summed E-state index contributed by atoms with van der Waals surface area (Å²) in [7, 11) is 0. The third-order valence-corrected chi connectivity index (χ3v) is 7.98. The smallest absolute Gasteiger partial charge is 0.354 e. The fraction of sp³-hybridized carbons (Fsp3) is 0.571. The van der Waals surface area contributed by atoms with E-state index in [2.05, 4.69) is 15.2 Å². The van der Waals surface area contributed by atoms with E-state index in [1.54, 1.807) is 35.9 Å². The monoisotopic (exact) mass is 552 g/mol. The Balaban J connectivity index is 1.19. The van der Waals surface area contributed by atoms with E-state index < -0.39 is 11.2 Å². The van der Waals surface area contributed by atoms with Gasteiger partial charge in [0.15, 0.2) is 0 Å². The zero-order valence-corrected chi connectivity index (χ0v) is 23.3. The highest BCUT2D eigenvalue weighted by Crippen LogP contribution is 2.29. The van der Waals surface area contributed by atoms with Crippen LogP contribution in [0.15, 0.2) is 35.3 Å². The second-order valence-electron chi connectivity index (χ2n) is 11.6. The van der Waals surface area contributed by atoms with Crippen molar-refractivity contribution in [2.45, 2.75) is 57.2 Å². The van der Waals surface area contributed by atoms with Gasteiger partial charge in [-0.05, 0) is 63.8 Å². The lowest BCUT2D eigenvalue weighted by Gasteiger charge is -2.37. The Morgan fingerprint density at radius 2 is 1.80 bits per heavy atom. The van der Waals surface area contributed by atoms with Crippen molar-refractivity contribution in [3.63, 3.8) is 0 Å². The first kappa shape index (κ1) is 28.1. The van der Waals surface area contributed by atoms with Gasteiger partial charge in [-0.1, -0.05) is 6.07 Å². The predicted molar refractivity (Wildman–Crippen MR) is 152 cm³/mol. The normalized spacial score (nSPS) is 22.2. The van der Waals surface area contributed by atoms with Crippen molar-refractivity contribution in [1.82, 2.24) is 24.3 Å². The van der Waals surface area contributed by atoms with Crippen LogP contribution in [0.25, 0.3) is 5.69 Å². The molecule has 12 heteroatoms. The van der Waals surface area contributed by atoms with Crippen LogP contribution in [0, 0.1) is 0 Å². The Morgan fingerprint density at radius 3 is 2.52 bits per heavy atom. The fourth-order valence-electron chi connectivity index (χ4n) is 5.62. The van der Waals surface area contributed by atoms with Gasteiger partial charge >= 0.3 is 11.7 Å². The summed E-state index contributed by atoms with van der Waals surface area (Å²) >= 11 is 0. The maximum Gasteiger partial charge on any atom is 0.354 e. The van der Waals surface area contributed by atoms with E-state index in [1.165, 1.54) is 4.57 Å². The Kier molecular flexibility index (Phi) is 8.11. The number of aromatic nitrogens is 2. The summed E-state index contributed by atoms with van der Waals surface area (Å²) in [6.45, 7) is 7.52. The van der Waals surface area contributed by atoms with Gasteiger partial charge < -0.3 is 26.0 Å². The van der Waals surface area contributed by atoms with Gasteiger partial charge in [0, 0.05) is 57.1 Å². The highest BCUT2D eigenvalue weighted by atomic mass is 16.5. The van der Waals surface area contributed by atoms with Crippen LogP contribution in [0.2, 0.25) is 0 Å². The maximum absolute atomic E-state index is 12.9. The zero-order valence-electron chi connectivity index (χ0n) is 23.3. The number of ether oxygens (including phenoxy) is 1. The third-order valence-electron chi connectivity index (χ3n) is 7.98. The number of piperazine rings is 1. The lowest BCUT2D eigenvalue weighted by Crippen LogP contribution is -2.58. The number of carbonyl (C=O) groups excluding carboxylic acids is 2. The Hall–Kier alpha value is -3.48. The molecule has 12 nitrogen and oxygen atoms in total. The van der Waals surface area contributed by atoms with Gasteiger partial charge in [-0.3, -0.25) is 19.6 Å². The van der Waals surface area contributed by atoms with Crippen molar-refractivity contribution >= 4 is 17.8 Å². The number of hydrogen-bond acceptors (Lipinski definition) is 8. The molecule has 1 aromatic carbocycles. The van der Waals surface area contributed by atoms with Gasteiger partial charge in [0.25, 0.3) is 0 Å². The van der Waals surface area contributed by atoms with Crippen molar-refractivity contribution in [2.75, 3.05) is 51.2 Å². The fourth-order valence-corrected chi connectivity index (χ4v) is 5.62. The minimum Gasteiger partial charge on any atom is -0.492 e. The Morgan fingerprint density at radius 1 is 1.05 bits per heavy atom. The number of amides is 3. The molecule has 5 N–H and O–H groups in total. The van der Waals surface area contributed by atoms with Crippen LogP contribution in [0.5, 0.6) is 5.75 Å². The minimum atomic E-state index is -0.952. The SMILES string of the molecule is CC(C)(N)C(=O)N1CCN(C(=O)Nc2ccn(-c3ccc4c(c3)OCC(N3CCCC(N)CC3)C4)c(=O)n2)CC1. The molecule has 0 saturated carbocycles. The molecule has 2 atom stereocenters. The number of likely N-dealkylation sites (tertiary alicyclic amines) is 1. The zero-order chi connectivity index (χ0) is 28.4. The van der Waals surface area contributed by atoms with Gasteiger partial charge in [-0.15, -0.1) is 0 Å². The molecule has 3 aliphatic heterocycles. The van der Waals surface area contributed by atoms with E-state index in [4.69, 9.17) is 16.2 Å². The minimum absolute atomic E-state index is 0.146. The van der Waals surface area contributed by atoms with Crippen LogP contribution < -0.4 is 27.2 Å². The number of anilines is 1. The average Bonchev–Trinajstić information content (AvgIpc) is 3.16. The highest BCUT2D eigenvalue weighted by Gasteiger charge is 2.31. The highest BCUT2D eigenvalue weighted by molar-refractivity contribution is 5.89. The molecule has 216 valence electrons.